The summed E-state index contributed by atoms with van der Waals surface area (Å²) in [5, 5.41) is 7.29. The number of aryl methyl sites for hydroxylation is 2. The van der Waals surface area contributed by atoms with Crippen molar-refractivity contribution in [1.82, 2.24) is 19.2 Å². The normalized spacial score (nSPS) is 17.9. The average molecular weight is 506 g/mol. The van der Waals surface area contributed by atoms with E-state index in [9.17, 15) is 18.4 Å². The van der Waals surface area contributed by atoms with Crippen molar-refractivity contribution in [2.45, 2.75) is 58.4 Å². The molecule has 4 aromatic rings. The number of nitrogens with one attached hydrogen (secondary N) is 1. The van der Waals surface area contributed by atoms with E-state index in [0.717, 1.165) is 29.5 Å². The van der Waals surface area contributed by atoms with Crippen molar-refractivity contribution >= 4 is 17.4 Å². The Balaban J connectivity index is 1.37. The molecule has 7 nitrogen and oxygen atoms in total. The zero-order valence-electron chi connectivity index (χ0n) is 20.8. The van der Waals surface area contributed by atoms with Crippen molar-refractivity contribution < 1.29 is 13.6 Å². The van der Waals surface area contributed by atoms with Crippen LogP contribution in [-0.4, -0.2) is 31.5 Å². The summed E-state index contributed by atoms with van der Waals surface area (Å²) < 4.78 is 28.8. The molecule has 2 aromatic heterocycles. The molecule has 1 amide bonds. The van der Waals surface area contributed by atoms with Crippen LogP contribution in [0.3, 0.4) is 0 Å². The van der Waals surface area contributed by atoms with E-state index in [0.29, 0.717) is 30.0 Å². The fraction of sp³-hybridized carbons (Fsp3) is 0.357. The van der Waals surface area contributed by atoms with Gasteiger partial charge in [-0.15, -0.1) is 5.10 Å². The van der Waals surface area contributed by atoms with Gasteiger partial charge in [-0.05, 0) is 63.1 Å². The topological polar surface area (TPSA) is 81.3 Å². The largest absolute Gasteiger partial charge is 0.325 e. The quantitative estimate of drug-likeness (QED) is 0.383. The summed E-state index contributed by atoms with van der Waals surface area (Å²) in [7, 11) is 0. The van der Waals surface area contributed by atoms with Crippen molar-refractivity contribution in [3.8, 4) is 11.4 Å². The Labute approximate surface area is 213 Å². The van der Waals surface area contributed by atoms with E-state index in [4.69, 9.17) is 0 Å². The number of fused-ring (bicyclic) bond motifs is 1. The molecule has 0 spiro atoms. The van der Waals surface area contributed by atoms with Crippen LogP contribution in [0.4, 0.5) is 14.5 Å². The number of amides is 1. The number of hydrogen-bond donors (Lipinski definition) is 1. The first-order chi connectivity index (χ1) is 17.8. The van der Waals surface area contributed by atoms with Crippen molar-refractivity contribution in [2.75, 3.05) is 5.32 Å². The summed E-state index contributed by atoms with van der Waals surface area (Å²) in [5.74, 6) is 0.195. The predicted molar refractivity (Wildman–Crippen MR) is 138 cm³/mol. The lowest BCUT2D eigenvalue weighted by atomic mass is 9.79. The molecule has 37 heavy (non-hydrogen) atoms. The van der Waals surface area contributed by atoms with E-state index in [1.165, 1.54) is 10.6 Å². The second kappa shape index (κ2) is 10.2. The molecular weight excluding hydrogens is 476 g/mol. The number of alkyl halides is 2. The Bertz CT molecular complexity index is 1470. The highest BCUT2D eigenvalue weighted by atomic mass is 19.3. The third kappa shape index (κ3) is 5.30. The maximum absolute atomic E-state index is 13.0. The highest BCUT2D eigenvalue weighted by Crippen LogP contribution is 2.38. The molecule has 1 N–H and O–H groups in total. The van der Waals surface area contributed by atoms with Crippen LogP contribution in [-0.2, 0) is 11.3 Å². The number of halogens is 2. The molecule has 192 valence electrons. The summed E-state index contributed by atoms with van der Waals surface area (Å²) >= 11 is 0. The molecule has 0 radical (unpaired) electrons. The lowest BCUT2D eigenvalue weighted by Crippen LogP contribution is -2.25. The Kier molecular flexibility index (Phi) is 6.86. The summed E-state index contributed by atoms with van der Waals surface area (Å²) in [6.07, 6.45) is 0.354. The summed E-state index contributed by atoms with van der Waals surface area (Å²) in [6.45, 7) is 3.71. The fourth-order valence-corrected chi connectivity index (χ4v) is 5.01. The van der Waals surface area contributed by atoms with Gasteiger partial charge in [0.05, 0.1) is 0 Å². The van der Waals surface area contributed by atoms with Crippen molar-refractivity contribution in [3.05, 3.63) is 81.8 Å². The third-order valence-electron chi connectivity index (χ3n) is 7.20. The number of anilines is 1. The van der Waals surface area contributed by atoms with Gasteiger partial charge in [0.25, 0.3) is 5.56 Å². The molecule has 0 saturated heterocycles. The van der Waals surface area contributed by atoms with Gasteiger partial charge in [-0.2, -0.15) is 9.50 Å². The maximum atomic E-state index is 13.0. The van der Waals surface area contributed by atoms with Gasteiger partial charge < -0.3 is 9.88 Å². The second-order valence-corrected chi connectivity index (χ2v) is 9.84. The Morgan fingerprint density at radius 3 is 2.35 bits per heavy atom. The molecule has 2 aromatic carbocycles. The fourth-order valence-electron chi connectivity index (χ4n) is 5.01. The first-order valence-corrected chi connectivity index (χ1v) is 12.5. The van der Waals surface area contributed by atoms with Gasteiger partial charge in [0.1, 0.15) is 6.54 Å². The molecular formula is C28H29F2N5O2. The van der Waals surface area contributed by atoms with E-state index in [2.05, 4.69) is 15.4 Å². The van der Waals surface area contributed by atoms with Crippen LogP contribution in [0.15, 0.2) is 59.4 Å². The number of hydrogen-bond acceptors (Lipinski definition) is 4. The molecule has 0 unspecified atom stereocenters. The van der Waals surface area contributed by atoms with Crippen LogP contribution in [0.1, 0.15) is 48.4 Å². The van der Waals surface area contributed by atoms with E-state index >= 15 is 0 Å². The van der Waals surface area contributed by atoms with E-state index in [-0.39, 0.29) is 29.7 Å². The summed E-state index contributed by atoms with van der Waals surface area (Å²) in [4.78, 5) is 30.0. The van der Waals surface area contributed by atoms with Gasteiger partial charge in [0.15, 0.2) is 5.82 Å². The molecule has 0 bridgehead atoms. The van der Waals surface area contributed by atoms with Crippen molar-refractivity contribution in [3.63, 3.8) is 0 Å². The van der Waals surface area contributed by atoms with Gasteiger partial charge >= 0.3 is 0 Å². The SMILES string of the molecule is Cc1ccc(NC(=O)Cn2c(C)cc(=O)n3nc(-c4ccc(C5CCC(C(F)F)CC5)cc4)nc23)cc1. The minimum atomic E-state index is -2.24. The Morgan fingerprint density at radius 2 is 1.70 bits per heavy atom. The summed E-state index contributed by atoms with van der Waals surface area (Å²) in [6, 6.07) is 16.7. The molecule has 1 fully saturated rings. The molecule has 9 heteroatoms. The molecule has 0 aliphatic heterocycles. The number of carbonyl (C=O) groups excluding carboxylic acids is 1. The molecule has 1 saturated carbocycles. The highest BCUT2D eigenvalue weighted by Gasteiger charge is 2.28. The van der Waals surface area contributed by atoms with Crippen LogP contribution in [0.2, 0.25) is 0 Å². The Morgan fingerprint density at radius 1 is 1.03 bits per heavy atom. The molecule has 1 aliphatic rings. The molecule has 5 rings (SSSR count). The van der Waals surface area contributed by atoms with Gasteiger partial charge in [-0.3, -0.25) is 9.59 Å². The standard InChI is InChI=1S/C28H29F2N5O2/c1-17-3-13-23(14-4-17)31-24(36)16-34-18(2)15-25(37)35-28(34)32-27(33-35)22-11-7-20(8-12-22)19-5-9-21(10-6-19)26(29)30/h3-4,7-8,11-15,19,21,26H,5-6,9-10,16H2,1-2H3,(H,31,36). The summed E-state index contributed by atoms with van der Waals surface area (Å²) in [5.41, 5.74) is 3.92. The van der Waals surface area contributed by atoms with Crippen LogP contribution in [0, 0.1) is 19.8 Å². The maximum Gasteiger partial charge on any atom is 0.275 e. The van der Waals surface area contributed by atoms with E-state index < -0.39 is 12.3 Å². The van der Waals surface area contributed by atoms with E-state index in [1.807, 2.05) is 55.5 Å². The first-order valence-electron chi connectivity index (χ1n) is 12.5. The molecule has 1 aliphatic carbocycles. The van der Waals surface area contributed by atoms with Crippen LogP contribution in [0.5, 0.6) is 0 Å². The number of carbonyl (C=O) groups is 1. The van der Waals surface area contributed by atoms with Crippen LogP contribution >= 0.6 is 0 Å². The van der Waals surface area contributed by atoms with Gasteiger partial charge in [0, 0.05) is 28.9 Å². The number of aromatic nitrogens is 4. The number of nitrogens with zero attached hydrogens (tertiary/aromatic N) is 4. The zero-order chi connectivity index (χ0) is 26.1. The van der Waals surface area contributed by atoms with Gasteiger partial charge in [-0.1, -0.05) is 42.0 Å². The van der Waals surface area contributed by atoms with Gasteiger partial charge in [-0.25, -0.2) is 8.78 Å². The van der Waals surface area contributed by atoms with Crippen molar-refractivity contribution in [2.24, 2.45) is 5.92 Å². The minimum Gasteiger partial charge on any atom is -0.325 e. The third-order valence-corrected chi connectivity index (χ3v) is 7.20. The number of benzene rings is 2. The van der Waals surface area contributed by atoms with E-state index in [1.54, 1.807) is 11.5 Å². The number of rotatable bonds is 6. The molecule has 0 atom stereocenters. The lowest BCUT2D eigenvalue weighted by Gasteiger charge is -2.28. The first kappa shape index (κ1) is 24.8. The zero-order valence-corrected chi connectivity index (χ0v) is 20.8. The highest BCUT2D eigenvalue weighted by molar-refractivity contribution is 5.90. The average Bonchev–Trinajstić information content (AvgIpc) is 3.34. The minimum absolute atomic E-state index is 0.0259. The Hall–Kier alpha value is -3.88. The second-order valence-electron chi connectivity index (χ2n) is 9.84. The smallest absolute Gasteiger partial charge is 0.275 e. The van der Waals surface area contributed by atoms with Crippen LogP contribution < -0.4 is 10.9 Å². The predicted octanol–water partition coefficient (Wildman–Crippen LogP) is 5.35. The lowest BCUT2D eigenvalue weighted by molar-refractivity contribution is -0.116. The van der Waals surface area contributed by atoms with Gasteiger partial charge in [0.2, 0.25) is 18.1 Å². The van der Waals surface area contributed by atoms with Crippen LogP contribution in [0.25, 0.3) is 17.2 Å². The van der Waals surface area contributed by atoms with Crippen molar-refractivity contribution in [1.29, 1.82) is 0 Å². The molecule has 2 heterocycles. The monoisotopic (exact) mass is 505 g/mol.